The van der Waals surface area contributed by atoms with Crippen molar-refractivity contribution in [2.24, 2.45) is 0 Å². The predicted octanol–water partition coefficient (Wildman–Crippen LogP) is 2.95. The lowest BCUT2D eigenvalue weighted by Gasteiger charge is -2.41. The fraction of sp³-hybridized carbons (Fsp3) is 0.321. The summed E-state index contributed by atoms with van der Waals surface area (Å²) in [5.41, 5.74) is -1.16. The van der Waals surface area contributed by atoms with Crippen molar-refractivity contribution in [3.05, 3.63) is 70.9 Å². The Morgan fingerprint density at radius 3 is 2.54 bits per heavy atom. The van der Waals surface area contributed by atoms with Gasteiger partial charge in [-0.2, -0.15) is 0 Å². The van der Waals surface area contributed by atoms with Crippen molar-refractivity contribution in [2.45, 2.75) is 29.3 Å². The highest BCUT2D eigenvalue weighted by Crippen LogP contribution is 2.54. The topological polar surface area (TPSA) is 127 Å². The van der Waals surface area contributed by atoms with Crippen LogP contribution in [-0.2, 0) is 25.2 Å². The van der Waals surface area contributed by atoms with Crippen molar-refractivity contribution in [3.8, 4) is 17.4 Å². The molecular formula is C28H29ClN4O7S. The van der Waals surface area contributed by atoms with Gasteiger partial charge in [-0.1, -0.05) is 11.6 Å². The third-order valence-electron chi connectivity index (χ3n) is 7.54. The van der Waals surface area contributed by atoms with Gasteiger partial charge in [0, 0.05) is 42.0 Å². The molecule has 1 aromatic heterocycles. The molecule has 1 unspecified atom stereocenters. The number of ether oxygens (including phenoxy) is 3. The molecule has 0 saturated carbocycles. The second kappa shape index (κ2) is 10.8. The highest BCUT2D eigenvalue weighted by molar-refractivity contribution is 7.93. The Hall–Kier alpha value is -3.87. The van der Waals surface area contributed by atoms with Crippen molar-refractivity contribution in [3.63, 3.8) is 0 Å². The molecule has 2 amide bonds. The molecule has 2 aliphatic heterocycles. The summed E-state index contributed by atoms with van der Waals surface area (Å²) < 4.78 is 45.9. The van der Waals surface area contributed by atoms with Crippen LogP contribution < -0.4 is 23.8 Å². The van der Waals surface area contributed by atoms with Crippen LogP contribution in [0.3, 0.4) is 0 Å². The molecule has 13 heteroatoms. The summed E-state index contributed by atoms with van der Waals surface area (Å²) in [6.07, 6.45) is 2.54. The molecule has 1 N–H and O–H groups in total. The Labute approximate surface area is 243 Å². The van der Waals surface area contributed by atoms with Gasteiger partial charge >= 0.3 is 0 Å². The normalized spacial score (nSPS) is 20.6. The molecule has 1 fully saturated rings. The van der Waals surface area contributed by atoms with E-state index in [2.05, 4.69) is 10.3 Å². The zero-order chi connectivity index (χ0) is 29.5. The molecule has 1 saturated heterocycles. The number of anilines is 1. The lowest BCUT2D eigenvalue weighted by atomic mass is 9.81. The van der Waals surface area contributed by atoms with Gasteiger partial charge in [-0.05, 0) is 55.3 Å². The molecule has 2 atom stereocenters. The average molecular weight is 601 g/mol. The Morgan fingerprint density at radius 2 is 1.85 bits per heavy atom. The number of rotatable bonds is 8. The van der Waals surface area contributed by atoms with Crippen LogP contribution in [0.1, 0.15) is 24.0 Å². The van der Waals surface area contributed by atoms with E-state index < -0.39 is 27.5 Å². The quantitative estimate of drug-likeness (QED) is 0.415. The van der Waals surface area contributed by atoms with E-state index >= 15 is 4.79 Å². The monoisotopic (exact) mass is 600 g/mol. The van der Waals surface area contributed by atoms with Crippen molar-refractivity contribution >= 4 is 39.1 Å². The molecule has 11 nitrogen and oxygen atoms in total. The molecule has 3 aromatic rings. The number of benzene rings is 2. The molecule has 0 aliphatic carbocycles. The number of likely N-dealkylation sites (N-methyl/N-ethyl adjacent to an activating group) is 1. The van der Waals surface area contributed by atoms with Gasteiger partial charge in [-0.25, -0.2) is 17.7 Å². The summed E-state index contributed by atoms with van der Waals surface area (Å²) >= 11 is 6.49. The number of halogens is 1. The van der Waals surface area contributed by atoms with Gasteiger partial charge in [0.2, 0.25) is 11.8 Å². The number of hydrogen-bond donors (Lipinski definition) is 1. The number of amides is 2. The molecule has 0 bridgehead atoms. The fourth-order valence-electron chi connectivity index (χ4n) is 5.80. The number of hydrogen-bond acceptors (Lipinski definition) is 9. The van der Waals surface area contributed by atoms with Gasteiger partial charge in [0.1, 0.15) is 16.4 Å². The van der Waals surface area contributed by atoms with E-state index in [1.807, 2.05) is 0 Å². The zero-order valence-electron chi connectivity index (χ0n) is 22.9. The first kappa shape index (κ1) is 28.7. The van der Waals surface area contributed by atoms with E-state index in [0.717, 1.165) is 4.31 Å². The molecule has 3 heterocycles. The maximum Gasteiger partial charge on any atom is 0.274 e. The van der Waals surface area contributed by atoms with Crippen LogP contribution >= 0.6 is 11.6 Å². The fourth-order valence-corrected chi connectivity index (χ4v) is 7.57. The summed E-state index contributed by atoms with van der Waals surface area (Å²) in [6.45, 7) is 0.313. The van der Waals surface area contributed by atoms with Crippen LogP contribution in [0.5, 0.6) is 17.4 Å². The summed E-state index contributed by atoms with van der Waals surface area (Å²) in [4.78, 5) is 34.0. The van der Waals surface area contributed by atoms with Crippen LogP contribution in [0.15, 0.2) is 59.6 Å². The largest absolute Gasteiger partial charge is 0.497 e. The number of aromatic nitrogens is 1. The van der Waals surface area contributed by atoms with E-state index in [-0.39, 0.29) is 44.3 Å². The van der Waals surface area contributed by atoms with Crippen LogP contribution in [-0.4, -0.2) is 71.1 Å². The smallest absolute Gasteiger partial charge is 0.274 e. The minimum absolute atomic E-state index is 0.00599. The van der Waals surface area contributed by atoms with Crippen molar-refractivity contribution in [2.75, 3.05) is 39.2 Å². The van der Waals surface area contributed by atoms with E-state index in [1.165, 1.54) is 64.9 Å². The summed E-state index contributed by atoms with van der Waals surface area (Å²) in [5.74, 6) is -0.654. The number of carbonyl (C=O) groups excluding carboxylic acids is 2. The molecule has 2 aromatic carbocycles. The van der Waals surface area contributed by atoms with Gasteiger partial charge in [-0.15, -0.1) is 0 Å². The van der Waals surface area contributed by atoms with Gasteiger partial charge in [0.25, 0.3) is 15.9 Å². The molecule has 0 radical (unpaired) electrons. The minimum Gasteiger partial charge on any atom is -0.497 e. The van der Waals surface area contributed by atoms with Crippen molar-refractivity contribution in [1.82, 2.24) is 15.2 Å². The molecule has 0 spiro atoms. The highest BCUT2D eigenvalue weighted by atomic mass is 35.5. The third kappa shape index (κ3) is 4.28. The summed E-state index contributed by atoms with van der Waals surface area (Å²) in [6, 6.07) is 11.3. The van der Waals surface area contributed by atoms with Gasteiger partial charge in [0.05, 0.1) is 33.1 Å². The second-order valence-electron chi connectivity index (χ2n) is 9.49. The van der Waals surface area contributed by atoms with E-state index in [1.54, 1.807) is 23.1 Å². The predicted molar refractivity (Wildman–Crippen MR) is 151 cm³/mol. The first-order valence-electron chi connectivity index (χ1n) is 12.8. The van der Waals surface area contributed by atoms with Gasteiger partial charge in [-0.3, -0.25) is 14.5 Å². The highest BCUT2D eigenvalue weighted by Gasteiger charge is 2.63. The molecule has 41 heavy (non-hydrogen) atoms. The lowest BCUT2D eigenvalue weighted by molar-refractivity contribution is -0.132. The number of sulfonamides is 1. The standard InChI is InChI=1S/C28H29ClN4O7S/c1-30-25(34)22-8-6-14-32(22)28(19-7-5-13-31-26(19)40-4)20-15-17(29)9-11-21(20)33(27(28)35)41(36,37)24-12-10-18(38-2)16-23(24)39-3/h5,7,9-13,15-16,22H,6,8,14H2,1-4H3,(H,30,34)/t22-,28?/m0/s1. The second-order valence-corrected chi connectivity index (χ2v) is 11.7. The minimum atomic E-state index is -4.58. The van der Waals surface area contributed by atoms with E-state index in [0.29, 0.717) is 25.1 Å². The number of fused-ring (bicyclic) bond motifs is 1. The molecule has 2 aliphatic rings. The van der Waals surface area contributed by atoms with Crippen LogP contribution in [0.25, 0.3) is 0 Å². The summed E-state index contributed by atoms with van der Waals surface area (Å²) in [7, 11) is 1.12. The van der Waals surface area contributed by atoms with Gasteiger partial charge < -0.3 is 19.5 Å². The number of nitrogens with zero attached hydrogens (tertiary/aromatic N) is 3. The van der Waals surface area contributed by atoms with Crippen molar-refractivity contribution in [1.29, 1.82) is 0 Å². The van der Waals surface area contributed by atoms with Crippen LogP contribution in [0.4, 0.5) is 5.69 Å². The van der Waals surface area contributed by atoms with Gasteiger partial charge in [0.15, 0.2) is 5.54 Å². The van der Waals surface area contributed by atoms with Crippen LogP contribution in [0.2, 0.25) is 5.02 Å². The number of likely N-dealkylation sites (tertiary alicyclic amines) is 1. The molecular weight excluding hydrogens is 572 g/mol. The van der Waals surface area contributed by atoms with E-state index in [9.17, 15) is 13.2 Å². The maximum absolute atomic E-state index is 15.0. The molecule has 5 rings (SSSR count). The summed E-state index contributed by atoms with van der Waals surface area (Å²) in [5, 5.41) is 2.95. The van der Waals surface area contributed by atoms with Crippen LogP contribution in [0, 0.1) is 0 Å². The first-order valence-corrected chi connectivity index (χ1v) is 14.6. The number of carbonyl (C=O) groups is 2. The number of nitrogens with one attached hydrogen (secondary N) is 1. The third-order valence-corrected chi connectivity index (χ3v) is 9.51. The lowest BCUT2D eigenvalue weighted by Crippen LogP contribution is -2.59. The molecule has 216 valence electrons. The van der Waals surface area contributed by atoms with E-state index in [4.69, 9.17) is 25.8 Å². The SMILES string of the molecule is CNC(=O)[C@@H]1CCCN1C1(c2cccnc2OC)C(=O)N(S(=O)(=O)c2ccc(OC)cc2OC)c2ccc(Cl)cc21. The number of methoxy groups -OCH3 is 3. The first-order chi connectivity index (χ1) is 19.7. The Balaban J connectivity index is 1.85. The van der Waals surface area contributed by atoms with Crippen molar-refractivity contribution < 1.29 is 32.2 Å². The Kier molecular flexibility index (Phi) is 7.58. The average Bonchev–Trinajstić information content (AvgIpc) is 3.57. The Bertz CT molecular complexity index is 1630. The zero-order valence-corrected chi connectivity index (χ0v) is 24.5. The Morgan fingerprint density at radius 1 is 1.07 bits per heavy atom. The number of pyridine rings is 1. The maximum atomic E-state index is 15.0.